The van der Waals surface area contributed by atoms with Crippen molar-refractivity contribution in [2.45, 2.75) is 32.8 Å². The van der Waals surface area contributed by atoms with Crippen LogP contribution in [0.2, 0.25) is 0 Å². The number of ether oxygens (including phenoxy) is 1. The number of nitrogens with zero attached hydrogens (tertiary/aromatic N) is 1. The number of likely N-dealkylation sites (tertiary alicyclic amines) is 1. The maximum Gasteiger partial charge on any atom is 0.410 e. The molecule has 4 nitrogen and oxygen atoms in total. The monoisotopic (exact) mass is 212 g/mol. The molecule has 0 unspecified atom stereocenters. The third-order valence-corrected chi connectivity index (χ3v) is 2.04. The van der Waals surface area contributed by atoms with Crippen LogP contribution in [-0.2, 0) is 4.74 Å². The lowest BCUT2D eigenvalue weighted by atomic mass is 10.1. The Morgan fingerprint density at radius 3 is 2.60 bits per heavy atom. The molecule has 1 rings (SSSR count). The van der Waals surface area contributed by atoms with E-state index in [4.69, 9.17) is 10.5 Å². The van der Waals surface area contributed by atoms with Gasteiger partial charge in [0.25, 0.3) is 0 Å². The average Bonchev–Trinajstić information content (AvgIpc) is 1.98. The van der Waals surface area contributed by atoms with Gasteiger partial charge in [0, 0.05) is 13.1 Å². The molecule has 0 radical (unpaired) electrons. The summed E-state index contributed by atoms with van der Waals surface area (Å²) in [4.78, 5) is 13.2. The Morgan fingerprint density at radius 1 is 1.53 bits per heavy atom. The van der Waals surface area contributed by atoms with Crippen molar-refractivity contribution in [2.75, 3.05) is 19.6 Å². The van der Waals surface area contributed by atoms with Gasteiger partial charge in [-0.25, -0.2) is 4.79 Å². The van der Waals surface area contributed by atoms with E-state index < -0.39 is 5.60 Å². The average molecular weight is 212 g/mol. The summed E-state index contributed by atoms with van der Waals surface area (Å²) >= 11 is 0. The lowest BCUT2D eigenvalue weighted by molar-refractivity contribution is 0.0214. The van der Waals surface area contributed by atoms with Crippen LogP contribution in [0.15, 0.2) is 11.6 Å². The fourth-order valence-electron chi connectivity index (χ4n) is 1.32. The Labute approximate surface area is 91.1 Å². The van der Waals surface area contributed by atoms with Crippen molar-refractivity contribution in [2.24, 2.45) is 5.73 Å². The summed E-state index contributed by atoms with van der Waals surface area (Å²) in [6, 6.07) is 0. The van der Waals surface area contributed by atoms with Crippen molar-refractivity contribution in [1.82, 2.24) is 4.90 Å². The van der Waals surface area contributed by atoms with Crippen LogP contribution in [0.5, 0.6) is 0 Å². The number of hydrogen-bond acceptors (Lipinski definition) is 3. The molecule has 1 aliphatic rings. The predicted octanol–water partition coefficient (Wildman–Crippen LogP) is 1.51. The van der Waals surface area contributed by atoms with Gasteiger partial charge in [0.1, 0.15) is 5.60 Å². The summed E-state index contributed by atoms with van der Waals surface area (Å²) in [6.45, 7) is 7.65. The summed E-state index contributed by atoms with van der Waals surface area (Å²) in [6.07, 6.45) is 2.76. The molecule has 86 valence electrons. The van der Waals surface area contributed by atoms with Crippen LogP contribution < -0.4 is 5.73 Å². The maximum absolute atomic E-state index is 11.5. The van der Waals surface area contributed by atoms with Gasteiger partial charge in [-0.05, 0) is 39.3 Å². The summed E-state index contributed by atoms with van der Waals surface area (Å²) in [5, 5.41) is 0. The van der Waals surface area contributed by atoms with Crippen molar-refractivity contribution in [3.63, 3.8) is 0 Å². The first-order valence-electron chi connectivity index (χ1n) is 5.28. The molecule has 1 fully saturated rings. The van der Waals surface area contributed by atoms with Crippen LogP contribution >= 0.6 is 0 Å². The number of nitrogens with two attached hydrogens (primary N) is 1. The molecular formula is C11H20N2O2. The van der Waals surface area contributed by atoms with Crippen LogP contribution in [0.4, 0.5) is 4.79 Å². The van der Waals surface area contributed by atoms with Gasteiger partial charge in [-0.1, -0.05) is 6.08 Å². The van der Waals surface area contributed by atoms with Gasteiger partial charge >= 0.3 is 6.09 Å². The number of carbonyl (C=O) groups is 1. The summed E-state index contributed by atoms with van der Waals surface area (Å²) < 4.78 is 5.23. The molecule has 1 saturated heterocycles. The molecule has 0 aliphatic carbocycles. The second-order valence-electron chi connectivity index (χ2n) is 4.78. The minimum absolute atomic E-state index is 0.229. The van der Waals surface area contributed by atoms with E-state index in [1.54, 1.807) is 4.90 Å². The van der Waals surface area contributed by atoms with E-state index in [0.717, 1.165) is 6.42 Å². The van der Waals surface area contributed by atoms with E-state index in [2.05, 4.69) is 6.08 Å². The Hall–Kier alpha value is -1.03. The zero-order valence-electron chi connectivity index (χ0n) is 9.75. The molecule has 0 aromatic rings. The SMILES string of the molecule is CC(C)(C)OC(=O)N1CC(=CCCN)C1. The van der Waals surface area contributed by atoms with Gasteiger partial charge in [-0.3, -0.25) is 0 Å². The van der Waals surface area contributed by atoms with Crippen molar-refractivity contribution in [3.05, 3.63) is 11.6 Å². The van der Waals surface area contributed by atoms with Crippen molar-refractivity contribution in [1.29, 1.82) is 0 Å². The summed E-state index contributed by atoms with van der Waals surface area (Å²) in [5.74, 6) is 0. The van der Waals surface area contributed by atoms with E-state index in [1.165, 1.54) is 5.57 Å². The molecule has 1 aliphatic heterocycles. The minimum Gasteiger partial charge on any atom is -0.444 e. The Bertz CT molecular complexity index is 258. The van der Waals surface area contributed by atoms with E-state index in [1.807, 2.05) is 20.8 Å². The van der Waals surface area contributed by atoms with E-state index in [0.29, 0.717) is 19.6 Å². The highest BCUT2D eigenvalue weighted by molar-refractivity contribution is 5.70. The van der Waals surface area contributed by atoms with Crippen LogP contribution in [0.1, 0.15) is 27.2 Å². The molecule has 15 heavy (non-hydrogen) atoms. The molecule has 4 heteroatoms. The highest BCUT2D eigenvalue weighted by atomic mass is 16.6. The van der Waals surface area contributed by atoms with Gasteiger partial charge in [0.2, 0.25) is 0 Å². The van der Waals surface area contributed by atoms with Gasteiger partial charge in [-0.15, -0.1) is 0 Å². The molecule has 0 spiro atoms. The van der Waals surface area contributed by atoms with Crippen LogP contribution in [0, 0.1) is 0 Å². The van der Waals surface area contributed by atoms with Gasteiger partial charge in [0.15, 0.2) is 0 Å². The Kier molecular flexibility index (Phi) is 3.74. The van der Waals surface area contributed by atoms with Crippen molar-refractivity contribution >= 4 is 6.09 Å². The Morgan fingerprint density at radius 2 is 2.13 bits per heavy atom. The first-order chi connectivity index (χ1) is 6.92. The van der Waals surface area contributed by atoms with E-state index >= 15 is 0 Å². The number of carbonyl (C=O) groups excluding carboxylic acids is 1. The largest absolute Gasteiger partial charge is 0.444 e. The van der Waals surface area contributed by atoms with Crippen LogP contribution in [0.3, 0.4) is 0 Å². The van der Waals surface area contributed by atoms with Crippen LogP contribution in [-0.4, -0.2) is 36.2 Å². The molecule has 2 N–H and O–H groups in total. The number of amides is 1. The molecule has 0 atom stereocenters. The molecule has 0 aromatic carbocycles. The summed E-state index contributed by atoms with van der Waals surface area (Å²) in [5.41, 5.74) is 6.24. The highest BCUT2D eigenvalue weighted by Gasteiger charge is 2.28. The second-order valence-corrected chi connectivity index (χ2v) is 4.78. The molecule has 1 amide bonds. The highest BCUT2D eigenvalue weighted by Crippen LogP contribution is 2.18. The fourth-order valence-corrected chi connectivity index (χ4v) is 1.32. The summed E-state index contributed by atoms with van der Waals surface area (Å²) in [7, 11) is 0. The topological polar surface area (TPSA) is 55.6 Å². The third kappa shape index (κ3) is 3.91. The zero-order valence-corrected chi connectivity index (χ0v) is 9.75. The fraction of sp³-hybridized carbons (Fsp3) is 0.727. The molecule has 1 heterocycles. The maximum atomic E-state index is 11.5. The molecule has 0 bridgehead atoms. The molecule has 0 aromatic heterocycles. The number of rotatable bonds is 2. The van der Waals surface area contributed by atoms with Crippen molar-refractivity contribution in [3.8, 4) is 0 Å². The molecule has 0 saturated carbocycles. The standard InChI is InChI=1S/C11H20N2O2/c1-11(2,3)15-10(14)13-7-9(8-13)5-4-6-12/h5H,4,6-8,12H2,1-3H3. The van der Waals surface area contributed by atoms with Crippen LogP contribution in [0.25, 0.3) is 0 Å². The van der Waals surface area contributed by atoms with Gasteiger partial charge in [-0.2, -0.15) is 0 Å². The van der Waals surface area contributed by atoms with Gasteiger partial charge in [0.05, 0.1) is 0 Å². The lowest BCUT2D eigenvalue weighted by Gasteiger charge is -2.35. The second kappa shape index (κ2) is 4.66. The minimum atomic E-state index is -0.409. The molecular weight excluding hydrogens is 192 g/mol. The first-order valence-corrected chi connectivity index (χ1v) is 5.28. The van der Waals surface area contributed by atoms with Crippen molar-refractivity contribution < 1.29 is 9.53 Å². The van der Waals surface area contributed by atoms with E-state index in [9.17, 15) is 4.79 Å². The lowest BCUT2D eigenvalue weighted by Crippen LogP contribution is -2.46. The zero-order chi connectivity index (χ0) is 11.5. The predicted molar refractivity (Wildman–Crippen MR) is 59.6 cm³/mol. The smallest absolute Gasteiger partial charge is 0.410 e. The third-order valence-electron chi connectivity index (χ3n) is 2.04. The van der Waals surface area contributed by atoms with Gasteiger partial charge < -0.3 is 15.4 Å². The number of hydrogen-bond donors (Lipinski definition) is 1. The Balaban J connectivity index is 2.30. The normalized spacial score (nSPS) is 16.0. The quantitative estimate of drug-likeness (QED) is 0.706. The first kappa shape index (κ1) is 12.0. The van der Waals surface area contributed by atoms with E-state index in [-0.39, 0.29) is 6.09 Å².